The molecule has 0 aromatic heterocycles. The van der Waals surface area contributed by atoms with E-state index in [-0.39, 0.29) is 5.54 Å². The van der Waals surface area contributed by atoms with Gasteiger partial charge in [-0.2, -0.15) is 0 Å². The highest BCUT2D eigenvalue weighted by atomic mass is 16.5. The molecule has 18 heavy (non-hydrogen) atoms. The fourth-order valence-corrected chi connectivity index (χ4v) is 3.94. The van der Waals surface area contributed by atoms with Gasteiger partial charge in [0.2, 0.25) is 0 Å². The first kappa shape index (κ1) is 14.3. The molecular formula is C15H30N2O. The first-order valence-corrected chi connectivity index (χ1v) is 7.69. The Kier molecular flexibility index (Phi) is 4.68. The third-order valence-corrected chi connectivity index (χ3v) is 5.11. The van der Waals surface area contributed by atoms with Crippen molar-refractivity contribution in [2.24, 2.45) is 11.7 Å². The van der Waals surface area contributed by atoms with Gasteiger partial charge in [0.25, 0.3) is 0 Å². The Morgan fingerprint density at radius 1 is 1.39 bits per heavy atom. The second-order valence-corrected chi connectivity index (χ2v) is 6.46. The van der Waals surface area contributed by atoms with E-state index in [0.717, 1.165) is 38.3 Å². The summed E-state index contributed by atoms with van der Waals surface area (Å²) < 4.78 is 5.85. The summed E-state index contributed by atoms with van der Waals surface area (Å²) in [7, 11) is 0. The van der Waals surface area contributed by atoms with Crippen molar-refractivity contribution in [3.05, 3.63) is 0 Å². The van der Waals surface area contributed by atoms with Crippen LogP contribution in [0.1, 0.15) is 52.9 Å². The highest BCUT2D eigenvalue weighted by Gasteiger charge is 2.43. The molecule has 2 aliphatic rings. The van der Waals surface area contributed by atoms with Gasteiger partial charge in [0.15, 0.2) is 0 Å². The normalized spacial score (nSPS) is 43.0. The molecule has 2 rings (SSSR count). The largest absolute Gasteiger partial charge is 0.378 e. The molecule has 3 heteroatoms. The Morgan fingerprint density at radius 3 is 2.78 bits per heavy atom. The molecule has 0 saturated carbocycles. The van der Waals surface area contributed by atoms with E-state index in [2.05, 4.69) is 25.7 Å². The molecule has 2 saturated heterocycles. The quantitative estimate of drug-likeness (QED) is 0.840. The van der Waals surface area contributed by atoms with Gasteiger partial charge in [-0.3, -0.25) is 4.90 Å². The summed E-state index contributed by atoms with van der Waals surface area (Å²) in [5.74, 6) is 0.868. The lowest BCUT2D eigenvalue weighted by atomic mass is 9.80. The fraction of sp³-hybridized carbons (Fsp3) is 1.00. The fourth-order valence-electron chi connectivity index (χ4n) is 3.94. The SMILES string of the molecule is CCC1CC(CN)(N2CCC(C)CC2C)CCO1. The molecule has 0 radical (unpaired) electrons. The molecule has 0 aromatic rings. The molecule has 0 spiro atoms. The molecule has 4 atom stereocenters. The maximum atomic E-state index is 6.19. The highest BCUT2D eigenvalue weighted by Crippen LogP contribution is 2.36. The van der Waals surface area contributed by atoms with E-state index in [1.165, 1.54) is 19.4 Å². The van der Waals surface area contributed by atoms with E-state index in [1.54, 1.807) is 0 Å². The summed E-state index contributed by atoms with van der Waals surface area (Å²) in [6.45, 7) is 9.86. The number of piperidine rings is 1. The van der Waals surface area contributed by atoms with Gasteiger partial charge < -0.3 is 10.5 Å². The van der Waals surface area contributed by atoms with Crippen molar-refractivity contribution in [1.82, 2.24) is 4.90 Å². The number of nitrogens with zero attached hydrogens (tertiary/aromatic N) is 1. The van der Waals surface area contributed by atoms with E-state index in [1.807, 2.05) is 0 Å². The van der Waals surface area contributed by atoms with Crippen LogP contribution in [0.3, 0.4) is 0 Å². The summed E-state index contributed by atoms with van der Waals surface area (Å²) >= 11 is 0. The minimum absolute atomic E-state index is 0.207. The minimum Gasteiger partial charge on any atom is -0.378 e. The van der Waals surface area contributed by atoms with Crippen LogP contribution < -0.4 is 5.73 Å². The van der Waals surface area contributed by atoms with E-state index in [9.17, 15) is 0 Å². The standard InChI is InChI=1S/C15H30N2O/c1-4-14-10-15(11-16,6-8-18-14)17-7-5-12(2)9-13(17)3/h12-14H,4-11,16H2,1-3H3. The van der Waals surface area contributed by atoms with E-state index >= 15 is 0 Å². The number of rotatable bonds is 3. The summed E-state index contributed by atoms with van der Waals surface area (Å²) in [6.07, 6.45) is 6.40. The van der Waals surface area contributed by atoms with Crippen LogP contribution in [0.5, 0.6) is 0 Å². The highest BCUT2D eigenvalue weighted by molar-refractivity contribution is 4.99. The zero-order chi connectivity index (χ0) is 13.2. The number of hydrogen-bond donors (Lipinski definition) is 1. The molecule has 2 aliphatic heterocycles. The number of hydrogen-bond acceptors (Lipinski definition) is 3. The zero-order valence-electron chi connectivity index (χ0n) is 12.3. The zero-order valence-corrected chi connectivity index (χ0v) is 12.3. The third kappa shape index (κ3) is 2.73. The second kappa shape index (κ2) is 5.89. The van der Waals surface area contributed by atoms with Crippen LogP contribution >= 0.6 is 0 Å². The first-order valence-electron chi connectivity index (χ1n) is 7.69. The lowest BCUT2D eigenvalue weighted by Crippen LogP contribution is -2.62. The number of nitrogens with two attached hydrogens (primary N) is 1. The molecule has 2 fully saturated rings. The van der Waals surface area contributed by atoms with Crippen molar-refractivity contribution in [2.45, 2.75) is 70.6 Å². The summed E-state index contributed by atoms with van der Waals surface area (Å²) in [5, 5.41) is 0. The minimum atomic E-state index is 0.207. The molecule has 0 aliphatic carbocycles. The Hall–Kier alpha value is -0.120. The first-order chi connectivity index (χ1) is 8.61. The van der Waals surface area contributed by atoms with Crippen LogP contribution in [-0.4, -0.2) is 42.3 Å². The average molecular weight is 254 g/mol. The van der Waals surface area contributed by atoms with E-state index < -0.39 is 0 Å². The van der Waals surface area contributed by atoms with Crippen molar-refractivity contribution in [2.75, 3.05) is 19.7 Å². The monoisotopic (exact) mass is 254 g/mol. The summed E-state index contributed by atoms with van der Waals surface area (Å²) in [4.78, 5) is 2.71. The topological polar surface area (TPSA) is 38.5 Å². The van der Waals surface area contributed by atoms with Crippen LogP contribution in [0.4, 0.5) is 0 Å². The molecule has 106 valence electrons. The van der Waals surface area contributed by atoms with Gasteiger partial charge in [-0.25, -0.2) is 0 Å². The Balaban J connectivity index is 2.10. The van der Waals surface area contributed by atoms with Gasteiger partial charge in [-0.15, -0.1) is 0 Å². The van der Waals surface area contributed by atoms with Gasteiger partial charge in [0, 0.05) is 24.7 Å². The van der Waals surface area contributed by atoms with Gasteiger partial charge in [-0.1, -0.05) is 13.8 Å². The van der Waals surface area contributed by atoms with Crippen molar-refractivity contribution in [3.8, 4) is 0 Å². The van der Waals surface area contributed by atoms with Crippen molar-refractivity contribution >= 4 is 0 Å². The molecular weight excluding hydrogens is 224 g/mol. The third-order valence-electron chi connectivity index (χ3n) is 5.11. The van der Waals surface area contributed by atoms with Gasteiger partial charge >= 0.3 is 0 Å². The van der Waals surface area contributed by atoms with Gasteiger partial charge in [-0.05, 0) is 51.5 Å². The lowest BCUT2D eigenvalue weighted by Gasteiger charge is -2.53. The molecule has 4 unspecified atom stereocenters. The van der Waals surface area contributed by atoms with Crippen LogP contribution in [-0.2, 0) is 4.74 Å². The molecule has 3 nitrogen and oxygen atoms in total. The second-order valence-electron chi connectivity index (χ2n) is 6.46. The number of ether oxygens (including phenoxy) is 1. The smallest absolute Gasteiger partial charge is 0.0590 e. The summed E-state index contributed by atoms with van der Waals surface area (Å²) in [5.41, 5.74) is 6.39. The van der Waals surface area contributed by atoms with Gasteiger partial charge in [0.1, 0.15) is 0 Å². The van der Waals surface area contributed by atoms with Crippen LogP contribution in [0.25, 0.3) is 0 Å². The maximum absolute atomic E-state index is 6.19. The van der Waals surface area contributed by atoms with Crippen molar-refractivity contribution in [1.29, 1.82) is 0 Å². The average Bonchev–Trinajstić information content (AvgIpc) is 2.38. The van der Waals surface area contributed by atoms with Crippen molar-refractivity contribution < 1.29 is 4.74 Å². The Labute approximate surface area is 112 Å². The molecule has 0 aromatic carbocycles. The van der Waals surface area contributed by atoms with E-state index in [4.69, 9.17) is 10.5 Å². The van der Waals surface area contributed by atoms with Crippen LogP contribution in [0.2, 0.25) is 0 Å². The maximum Gasteiger partial charge on any atom is 0.0590 e. The Bertz CT molecular complexity index is 271. The number of likely N-dealkylation sites (tertiary alicyclic amines) is 1. The lowest BCUT2D eigenvalue weighted by molar-refractivity contribution is -0.0933. The molecule has 0 bridgehead atoms. The van der Waals surface area contributed by atoms with Crippen LogP contribution in [0, 0.1) is 5.92 Å². The van der Waals surface area contributed by atoms with Crippen LogP contribution in [0.15, 0.2) is 0 Å². The van der Waals surface area contributed by atoms with Crippen molar-refractivity contribution in [3.63, 3.8) is 0 Å². The molecule has 2 N–H and O–H groups in total. The van der Waals surface area contributed by atoms with E-state index in [0.29, 0.717) is 12.1 Å². The van der Waals surface area contributed by atoms with Gasteiger partial charge in [0.05, 0.1) is 6.10 Å². The predicted molar refractivity (Wildman–Crippen MR) is 75.6 cm³/mol. The Morgan fingerprint density at radius 2 is 2.17 bits per heavy atom. The summed E-state index contributed by atoms with van der Waals surface area (Å²) in [6, 6.07) is 0.674. The molecule has 2 heterocycles. The predicted octanol–water partition coefficient (Wildman–Crippen LogP) is 2.39. The molecule has 0 amide bonds.